The van der Waals surface area contributed by atoms with Crippen molar-refractivity contribution in [1.29, 1.82) is 0 Å². The van der Waals surface area contributed by atoms with E-state index in [9.17, 15) is 4.79 Å². The van der Waals surface area contributed by atoms with Gasteiger partial charge >= 0.3 is 0 Å². The van der Waals surface area contributed by atoms with E-state index in [1.165, 1.54) is 6.33 Å². The molecule has 0 radical (unpaired) electrons. The number of nitrogens with one attached hydrogen (secondary N) is 3. The molecule has 0 spiro atoms. The highest BCUT2D eigenvalue weighted by molar-refractivity contribution is 5.98. The third-order valence-electron chi connectivity index (χ3n) is 6.60. The van der Waals surface area contributed by atoms with Crippen molar-refractivity contribution in [3.8, 4) is 5.75 Å². The molecular formula is C27H31N9O2. The van der Waals surface area contributed by atoms with Crippen molar-refractivity contribution in [2.75, 3.05) is 23.4 Å². The smallest absolute Gasteiger partial charge is 0.241 e. The lowest BCUT2D eigenvalue weighted by atomic mass is 10.1. The number of ether oxygens (including phenoxy) is 1. The summed E-state index contributed by atoms with van der Waals surface area (Å²) in [5.74, 6) is 1.28. The Morgan fingerprint density at radius 3 is 2.82 bits per heavy atom. The Balaban J connectivity index is 1.32. The molecule has 11 nitrogen and oxygen atoms in total. The van der Waals surface area contributed by atoms with E-state index in [0.717, 1.165) is 46.5 Å². The minimum atomic E-state index is -0.703. The van der Waals surface area contributed by atoms with Gasteiger partial charge in [-0.25, -0.2) is 19.9 Å². The highest BCUT2D eigenvalue weighted by Crippen LogP contribution is 2.30. The first-order chi connectivity index (χ1) is 18.6. The van der Waals surface area contributed by atoms with Gasteiger partial charge in [-0.15, -0.1) is 0 Å². The van der Waals surface area contributed by atoms with Crippen LogP contribution < -0.4 is 20.7 Å². The minimum Gasteiger partial charge on any atom is -0.491 e. The molecule has 3 heterocycles. The van der Waals surface area contributed by atoms with Gasteiger partial charge in [-0.2, -0.15) is 0 Å². The van der Waals surface area contributed by atoms with Gasteiger partial charge in [-0.05, 0) is 36.9 Å². The zero-order chi connectivity index (χ0) is 26.5. The average molecular weight is 514 g/mol. The van der Waals surface area contributed by atoms with Crippen LogP contribution in [0.25, 0.3) is 21.9 Å². The van der Waals surface area contributed by atoms with Crippen molar-refractivity contribution in [1.82, 2.24) is 29.9 Å². The van der Waals surface area contributed by atoms with E-state index in [1.54, 1.807) is 18.9 Å². The summed E-state index contributed by atoms with van der Waals surface area (Å²) in [7, 11) is 0. The number of rotatable bonds is 11. The normalized spacial score (nSPS) is 12.9. The molecule has 0 aliphatic rings. The van der Waals surface area contributed by atoms with E-state index in [1.807, 2.05) is 36.4 Å². The topological polar surface area (TPSA) is 151 Å². The minimum absolute atomic E-state index is 0.0695. The van der Waals surface area contributed by atoms with Crippen molar-refractivity contribution in [2.24, 2.45) is 5.73 Å². The number of imidazole rings is 2. The summed E-state index contributed by atoms with van der Waals surface area (Å²) >= 11 is 0. The van der Waals surface area contributed by atoms with E-state index >= 15 is 0 Å². The monoisotopic (exact) mass is 513 g/mol. The Hall–Kier alpha value is -4.51. The molecule has 0 fully saturated rings. The summed E-state index contributed by atoms with van der Waals surface area (Å²) < 4.78 is 6.39. The summed E-state index contributed by atoms with van der Waals surface area (Å²) in [6.45, 7) is 5.43. The van der Waals surface area contributed by atoms with E-state index in [-0.39, 0.29) is 11.9 Å². The van der Waals surface area contributed by atoms with Crippen molar-refractivity contribution in [3.05, 3.63) is 67.3 Å². The number of benzene rings is 2. The SMILES string of the molecule is CC[C@H](COc1cccc2ccc(NC(=O)[C@@H](N)Cc3cnc[nH]3)cc12)N(CC)c1ncnc2nc[nH]c12. The zero-order valence-corrected chi connectivity index (χ0v) is 21.4. The number of hydrogen-bond donors (Lipinski definition) is 4. The molecular weight excluding hydrogens is 482 g/mol. The molecule has 0 saturated heterocycles. The summed E-state index contributed by atoms with van der Waals surface area (Å²) in [5.41, 5.74) is 9.02. The fourth-order valence-corrected chi connectivity index (χ4v) is 4.57. The van der Waals surface area contributed by atoms with Crippen molar-refractivity contribution in [2.45, 2.75) is 38.8 Å². The van der Waals surface area contributed by atoms with Crippen LogP contribution in [0.5, 0.6) is 5.75 Å². The zero-order valence-electron chi connectivity index (χ0n) is 21.4. The maximum absolute atomic E-state index is 12.7. The molecule has 2 aromatic carbocycles. The van der Waals surface area contributed by atoms with Gasteiger partial charge in [0.2, 0.25) is 5.91 Å². The van der Waals surface area contributed by atoms with Gasteiger partial charge < -0.3 is 30.7 Å². The summed E-state index contributed by atoms with van der Waals surface area (Å²) in [4.78, 5) is 38.0. The number of H-pyrrole nitrogens is 2. The van der Waals surface area contributed by atoms with Crippen LogP contribution in [0.3, 0.4) is 0 Å². The molecule has 5 rings (SSSR count). The van der Waals surface area contributed by atoms with Crippen molar-refractivity contribution in [3.63, 3.8) is 0 Å². The number of anilines is 2. The van der Waals surface area contributed by atoms with Gasteiger partial charge in [0.1, 0.15) is 24.2 Å². The number of amides is 1. The molecule has 0 unspecified atom stereocenters. The molecule has 11 heteroatoms. The molecule has 5 aromatic rings. The second-order valence-corrected chi connectivity index (χ2v) is 9.03. The molecule has 3 aromatic heterocycles. The Labute approximate surface area is 219 Å². The van der Waals surface area contributed by atoms with Crippen LogP contribution >= 0.6 is 0 Å². The number of fused-ring (bicyclic) bond motifs is 2. The number of likely N-dealkylation sites (N-methyl/N-ethyl adjacent to an activating group) is 1. The van der Waals surface area contributed by atoms with Gasteiger partial charge in [-0.3, -0.25) is 4.79 Å². The van der Waals surface area contributed by atoms with Crippen LogP contribution in [0.2, 0.25) is 0 Å². The third-order valence-corrected chi connectivity index (χ3v) is 6.60. The number of carbonyl (C=O) groups excluding carboxylic acids is 1. The number of carbonyl (C=O) groups is 1. The second-order valence-electron chi connectivity index (χ2n) is 9.03. The van der Waals surface area contributed by atoms with Crippen molar-refractivity contribution >= 4 is 39.3 Å². The summed E-state index contributed by atoms with van der Waals surface area (Å²) in [5, 5.41) is 4.84. The van der Waals surface area contributed by atoms with Gasteiger partial charge in [-0.1, -0.05) is 25.1 Å². The van der Waals surface area contributed by atoms with Crippen LogP contribution in [-0.4, -0.2) is 61.0 Å². The molecule has 2 atom stereocenters. The van der Waals surface area contributed by atoms with Crippen LogP contribution in [0.15, 0.2) is 61.6 Å². The number of nitrogens with two attached hydrogens (primary N) is 1. The Kier molecular flexibility index (Phi) is 7.45. The van der Waals surface area contributed by atoms with Gasteiger partial charge in [0.15, 0.2) is 11.5 Å². The lowest BCUT2D eigenvalue weighted by Crippen LogP contribution is -2.40. The summed E-state index contributed by atoms with van der Waals surface area (Å²) in [6.07, 6.45) is 7.63. The highest BCUT2D eigenvalue weighted by atomic mass is 16.5. The standard InChI is InChI=1S/C27H31N9O2/c1-3-20(36(4-2)26-24-25(32-15-31-24)33-16-34-26)13-38-23-7-5-6-17-8-9-18(10-21(17)23)35-27(37)22(28)11-19-12-29-14-30-19/h5-10,12,14-16,20,22H,3-4,11,13,28H2,1-2H3,(H,29,30)(H,35,37)(H,31,32,33,34)/t20-,22+/m1/s1. The van der Waals surface area contributed by atoms with Gasteiger partial charge in [0.05, 0.1) is 24.7 Å². The number of aromatic amines is 2. The lowest BCUT2D eigenvalue weighted by molar-refractivity contribution is -0.117. The largest absolute Gasteiger partial charge is 0.491 e. The van der Waals surface area contributed by atoms with Crippen LogP contribution in [-0.2, 0) is 11.2 Å². The third kappa shape index (κ3) is 5.28. The predicted octanol–water partition coefficient (Wildman–Crippen LogP) is 3.42. The first-order valence-corrected chi connectivity index (χ1v) is 12.7. The number of aromatic nitrogens is 6. The average Bonchev–Trinajstić information content (AvgIpc) is 3.63. The second kappa shape index (κ2) is 11.3. The fraction of sp³-hybridized carbons (Fsp3) is 0.296. The van der Waals surface area contributed by atoms with Crippen LogP contribution in [0.1, 0.15) is 26.0 Å². The highest BCUT2D eigenvalue weighted by Gasteiger charge is 2.22. The molecule has 38 heavy (non-hydrogen) atoms. The van der Waals surface area contributed by atoms with Crippen molar-refractivity contribution < 1.29 is 9.53 Å². The quantitative estimate of drug-likeness (QED) is 0.210. The maximum Gasteiger partial charge on any atom is 0.241 e. The van der Waals surface area contributed by atoms with Crippen LogP contribution in [0.4, 0.5) is 11.5 Å². The molecule has 196 valence electrons. The predicted molar refractivity (Wildman–Crippen MR) is 147 cm³/mol. The first-order valence-electron chi connectivity index (χ1n) is 12.7. The Morgan fingerprint density at radius 1 is 1.13 bits per heavy atom. The Bertz CT molecular complexity index is 1520. The molecule has 0 aliphatic heterocycles. The maximum atomic E-state index is 12.7. The van der Waals surface area contributed by atoms with E-state index in [4.69, 9.17) is 10.5 Å². The van der Waals surface area contributed by atoms with E-state index in [2.05, 4.69) is 54.0 Å². The summed E-state index contributed by atoms with van der Waals surface area (Å²) in [6, 6.07) is 11.0. The molecule has 5 N–H and O–H groups in total. The fourth-order valence-electron chi connectivity index (χ4n) is 4.57. The van der Waals surface area contributed by atoms with Crippen LogP contribution in [0, 0.1) is 0 Å². The molecule has 0 saturated carbocycles. The molecule has 0 bridgehead atoms. The van der Waals surface area contributed by atoms with Gasteiger partial charge in [0, 0.05) is 35.9 Å². The number of hydrogen-bond acceptors (Lipinski definition) is 8. The molecule has 1 amide bonds. The first kappa shape index (κ1) is 25.2. The van der Waals surface area contributed by atoms with E-state index < -0.39 is 6.04 Å². The Morgan fingerprint density at radius 2 is 2.03 bits per heavy atom. The molecule has 0 aliphatic carbocycles. The van der Waals surface area contributed by atoms with Gasteiger partial charge in [0.25, 0.3) is 0 Å². The van der Waals surface area contributed by atoms with E-state index in [0.29, 0.717) is 24.4 Å². The lowest BCUT2D eigenvalue weighted by Gasteiger charge is -2.31. The number of nitrogens with zero attached hydrogens (tertiary/aromatic N) is 5.